The Kier molecular flexibility index (Phi) is 4.52. The van der Waals surface area contributed by atoms with E-state index in [1.54, 1.807) is 6.07 Å². The van der Waals surface area contributed by atoms with Crippen molar-refractivity contribution in [3.8, 4) is 6.07 Å². The molecule has 0 aromatic carbocycles. The standard InChI is InChI=1S/C10H7BrF2N2O2/c1-17-8(16)3-5-2-6(11)9(10(12)13)7(4-14)15-5/h2,10H,3H2,1H3. The molecule has 90 valence electrons. The van der Waals surface area contributed by atoms with Crippen LogP contribution in [-0.4, -0.2) is 18.1 Å². The highest BCUT2D eigenvalue weighted by Gasteiger charge is 2.20. The normalized spacial score (nSPS) is 10.1. The van der Waals surface area contributed by atoms with Crippen LogP contribution in [-0.2, 0) is 16.0 Å². The summed E-state index contributed by atoms with van der Waals surface area (Å²) in [7, 11) is 1.20. The Bertz CT molecular complexity index is 486. The van der Waals surface area contributed by atoms with E-state index in [1.807, 2.05) is 0 Å². The molecule has 0 aliphatic rings. The van der Waals surface area contributed by atoms with Crippen LogP contribution in [0.5, 0.6) is 0 Å². The van der Waals surface area contributed by atoms with Gasteiger partial charge >= 0.3 is 5.97 Å². The summed E-state index contributed by atoms with van der Waals surface area (Å²) in [4.78, 5) is 14.7. The largest absolute Gasteiger partial charge is 0.469 e. The van der Waals surface area contributed by atoms with Gasteiger partial charge < -0.3 is 4.74 Å². The van der Waals surface area contributed by atoms with Crippen LogP contribution in [0.25, 0.3) is 0 Å². The Morgan fingerprint density at radius 3 is 2.82 bits per heavy atom. The predicted octanol–water partition coefficient (Wildman–Crippen LogP) is 2.37. The third kappa shape index (κ3) is 3.20. The average Bonchev–Trinajstić information content (AvgIpc) is 2.27. The molecule has 1 rings (SSSR count). The van der Waals surface area contributed by atoms with E-state index >= 15 is 0 Å². The molecule has 0 atom stereocenters. The van der Waals surface area contributed by atoms with Crippen LogP contribution in [0.15, 0.2) is 10.5 Å². The summed E-state index contributed by atoms with van der Waals surface area (Å²) in [6, 6.07) is 2.85. The Labute approximate surface area is 104 Å². The highest BCUT2D eigenvalue weighted by atomic mass is 79.9. The molecule has 1 heterocycles. The second kappa shape index (κ2) is 5.68. The molecule has 0 saturated carbocycles. The molecular formula is C10H7BrF2N2O2. The lowest BCUT2D eigenvalue weighted by molar-refractivity contribution is -0.139. The molecule has 17 heavy (non-hydrogen) atoms. The van der Waals surface area contributed by atoms with E-state index in [2.05, 4.69) is 25.7 Å². The van der Waals surface area contributed by atoms with Gasteiger partial charge in [-0.05, 0) is 6.07 Å². The summed E-state index contributed by atoms with van der Waals surface area (Å²) in [6.45, 7) is 0. The smallest absolute Gasteiger partial charge is 0.311 e. The minimum Gasteiger partial charge on any atom is -0.469 e. The van der Waals surface area contributed by atoms with Crippen molar-refractivity contribution in [1.82, 2.24) is 4.98 Å². The molecule has 0 unspecified atom stereocenters. The summed E-state index contributed by atoms with van der Waals surface area (Å²) in [5.74, 6) is -0.557. The number of ether oxygens (including phenoxy) is 1. The fourth-order valence-corrected chi connectivity index (χ4v) is 1.80. The van der Waals surface area contributed by atoms with Crippen molar-refractivity contribution in [2.45, 2.75) is 12.8 Å². The first kappa shape index (κ1) is 13.5. The van der Waals surface area contributed by atoms with Gasteiger partial charge in [-0.15, -0.1) is 0 Å². The summed E-state index contributed by atoms with van der Waals surface area (Å²) < 4.78 is 29.7. The second-order valence-electron chi connectivity index (χ2n) is 3.02. The van der Waals surface area contributed by atoms with E-state index < -0.39 is 23.7 Å². The zero-order valence-corrected chi connectivity index (χ0v) is 10.3. The predicted molar refractivity (Wildman–Crippen MR) is 57.3 cm³/mol. The quantitative estimate of drug-likeness (QED) is 0.804. The maximum absolute atomic E-state index is 12.6. The molecule has 0 aliphatic carbocycles. The van der Waals surface area contributed by atoms with Gasteiger partial charge in [0.15, 0.2) is 5.69 Å². The number of hydrogen-bond acceptors (Lipinski definition) is 4. The monoisotopic (exact) mass is 304 g/mol. The van der Waals surface area contributed by atoms with Gasteiger partial charge in [-0.25, -0.2) is 13.8 Å². The van der Waals surface area contributed by atoms with Crippen molar-refractivity contribution in [1.29, 1.82) is 5.26 Å². The van der Waals surface area contributed by atoms with Crippen molar-refractivity contribution in [3.05, 3.63) is 27.5 Å². The number of pyridine rings is 1. The summed E-state index contributed by atoms with van der Waals surface area (Å²) >= 11 is 2.93. The number of alkyl halides is 2. The number of nitriles is 1. The number of carbonyl (C=O) groups excluding carboxylic acids is 1. The molecule has 0 spiro atoms. The van der Waals surface area contributed by atoms with E-state index in [9.17, 15) is 13.6 Å². The molecule has 7 heteroatoms. The van der Waals surface area contributed by atoms with Crippen molar-refractivity contribution < 1.29 is 18.3 Å². The summed E-state index contributed by atoms with van der Waals surface area (Å²) in [6.07, 6.45) is -2.98. The van der Waals surface area contributed by atoms with Gasteiger partial charge in [0.05, 0.1) is 24.8 Å². The summed E-state index contributed by atoms with van der Waals surface area (Å²) in [5.41, 5.74) is -0.668. The number of carbonyl (C=O) groups is 1. The van der Waals surface area contributed by atoms with E-state index in [4.69, 9.17) is 5.26 Å². The minimum atomic E-state index is -2.81. The number of methoxy groups -OCH3 is 1. The summed E-state index contributed by atoms with van der Waals surface area (Å²) in [5, 5.41) is 8.72. The molecule has 0 bridgehead atoms. The number of nitrogens with zero attached hydrogens (tertiary/aromatic N) is 2. The first-order valence-corrected chi connectivity index (χ1v) is 5.23. The van der Waals surface area contributed by atoms with Crippen LogP contribution < -0.4 is 0 Å². The highest BCUT2D eigenvalue weighted by molar-refractivity contribution is 9.10. The highest BCUT2D eigenvalue weighted by Crippen LogP contribution is 2.30. The number of aromatic nitrogens is 1. The second-order valence-corrected chi connectivity index (χ2v) is 3.88. The Morgan fingerprint density at radius 1 is 1.71 bits per heavy atom. The molecule has 1 aromatic rings. The number of hydrogen-bond donors (Lipinski definition) is 0. The van der Waals surface area contributed by atoms with Gasteiger partial charge in [-0.2, -0.15) is 5.26 Å². The number of rotatable bonds is 3. The zero-order valence-electron chi connectivity index (χ0n) is 8.71. The topological polar surface area (TPSA) is 63.0 Å². The lowest BCUT2D eigenvalue weighted by atomic mass is 10.1. The molecule has 1 aromatic heterocycles. The Balaban J connectivity index is 3.19. The molecule has 4 nitrogen and oxygen atoms in total. The third-order valence-corrected chi connectivity index (χ3v) is 2.59. The fraction of sp³-hybridized carbons (Fsp3) is 0.300. The molecule has 0 radical (unpaired) electrons. The van der Waals surface area contributed by atoms with E-state index in [0.717, 1.165) is 0 Å². The Hall–Kier alpha value is -1.55. The molecule has 0 amide bonds. The first-order chi connectivity index (χ1) is 7.99. The molecular weight excluding hydrogens is 298 g/mol. The van der Waals surface area contributed by atoms with Crippen LogP contribution in [0.3, 0.4) is 0 Å². The maximum Gasteiger partial charge on any atom is 0.311 e. The molecule has 0 saturated heterocycles. The van der Waals surface area contributed by atoms with Gasteiger partial charge in [-0.1, -0.05) is 15.9 Å². The van der Waals surface area contributed by atoms with Gasteiger partial charge in [0.2, 0.25) is 0 Å². The van der Waals surface area contributed by atoms with Crippen molar-refractivity contribution in [3.63, 3.8) is 0 Å². The maximum atomic E-state index is 12.6. The van der Waals surface area contributed by atoms with Gasteiger partial charge in [0.1, 0.15) is 6.07 Å². The van der Waals surface area contributed by atoms with Crippen LogP contribution in [0.4, 0.5) is 8.78 Å². The van der Waals surface area contributed by atoms with Gasteiger partial charge in [-0.3, -0.25) is 4.79 Å². The molecule has 0 N–H and O–H groups in total. The minimum absolute atomic E-state index is 0.0537. The van der Waals surface area contributed by atoms with Crippen molar-refractivity contribution in [2.24, 2.45) is 0 Å². The third-order valence-electron chi connectivity index (χ3n) is 1.94. The SMILES string of the molecule is COC(=O)Cc1cc(Br)c(C(F)F)c(C#N)n1. The lowest BCUT2D eigenvalue weighted by Crippen LogP contribution is -2.08. The van der Waals surface area contributed by atoms with Crippen LogP contribution >= 0.6 is 15.9 Å². The van der Waals surface area contributed by atoms with E-state index in [0.29, 0.717) is 0 Å². The van der Waals surface area contributed by atoms with E-state index in [1.165, 1.54) is 13.2 Å². The first-order valence-electron chi connectivity index (χ1n) is 4.44. The van der Waals surface area contributed by atoms with Crippen LogP contribution in [0, 0.1) is 11.3 Å². The van der Waals surface area contributed by atoms with Crippen molar-refractivity contribution in [2.75, 3.05) is 7.11 Å². The van der Waals surface area contributed by atoms with Gasteiger partial charge in [0.25, 0.3) is 6.43 Å². The lowest BCUT2D eigenvalue weighted by Gasteiger charge is -2.07. The number of esters is 1. The fourth-order valence-electron chi connectivity index (χ4n) is 1.18. The van der Waals surface area contributed by atoms with Crippen LogP contribution in [0.2, 0.25) is 0 Å². The average molecular weight is 305 g/mol. The van der Waals surface area contributed by atoms with Crippen LogP contribution in [0.1, 0.15) is 23.4 Å². The zero-order chi connectivity index (χ0) is 13.0. The molecule has 0 fully saturated rings. The van der Waals surface area contributed by atoms with E-state index in [-0.39, 0.29) is 16.6 Å². The Morgan fingerprint density at radius 2 is 2.35 bits per heavy atom. The van der Waals surface area contributed by atoms with Gasteiger partial charge in [0, 0.05) is 4.47 Å². The molecule has 0 aliphatic heterocycles. The van der Waals surface area contributed by atoms with Crippen molar-refractivity contribution >= 4 is 21.9 Å². The number of halogens is 3.